The highest BCUT2D eigenvalue weighted by molar-refractivity contribution is 8.19. The van der Waals surface area contributed by atoms with Crippen LogP contribution in [0.1, 0.15) is 29.8 Å². The van der Waals surface area contributed by atoms with E-state index in [4.69, 9.17) is 16.6 Å². The van der Waals surface area contributed by atoms with Crippen molar-refractivity contribution in [2.45, 2.75) is 25.2 Å². The Hall–Kier alpha value is -3.00. The minimum atomic E-state index is -0.0464. The van der Waals surface area contributed by atoms with Crippen molar-refractivity contribution in [3.63, 3.8) is 0 Å². The van der Waals surface area contributed by atoms with Crippen molar-refractivity contribution in [2.75, 3.05) is 18.0 Å². The van der Waals surface area contributed by atoms with Gasteiger partial charge in [-0.15, -0.1) is 0 Å². The summed E-state index contributed by atoms with van der Waals surface area (Å²) in [6.45, 7) is 4.85. The summed E-state index contributed by atoms with van der Waals surface area (Å²) in [6.07, 6.45) is 0.721. The van der Waals surface area contributed by atoms with Gasteiger partial charge in [0.15, 0.2) is 11.0 Å². The second-order valence-electron chi connectivity index (χ2n) is 8.38. The lowest BCUT2D eigenvalue weighted by Crippen LogP contribution is -2.32. The molecule has 8 heteroatoms. The predicted octanol–water partition coefficient (Wildman–Crippen LogP) is 7.15. The highest BCUT2D eigenvalue weighted by Gasteiger charge is 2.39. The van der Waals surface area contributed by atoms with E-state index in [0.717, 1.165) is 34.1 Å². The minimum Gasteiger partial charge on any atom is -0.334 e. The van der Waals surface area contributed by atoms with E-state index in [-0.39, 0.29) is 11.7 Å². The van der Waals surface area contributed by atoms with Crippen molar-refractivity contribution >= 4 is 63.4 Å². The molecule has 0 N–H and O–H groups in total. The average Bonchev–Trinajstić information content (AvgIpc) is 3.39. The van der Waals surface area contributed by atoms with E-state index in [1.165, 1.54) is 11.8 Å². The maximum absolute atomic E-state index is 13.8. The molecule has 0 saturated carbocycles. The van der Waals surface area contributed by atoms with Gasteiger partial charge in [-0.3, -0.25) is 14.5 Å². The number of anilines is 1. The van der Waals surface area contributed by atoms with E-state index in [1.807, 2.05) is 48.5 Å². The Balaban J connectivity index is 1.51. The second kappa shape index (κ2) is 10.5. The topological polar surface area (TPSA) is 53.0 Å². The highest BCUT2D eigenvalue weighted by atomic mass is 35.5. The fourth-order valence-electron chi connectivity index (χ4n) is 4.12. The third kappa shape index (κ3) is 4.96. The fourth-order valence-corrected chi connectivity index (χ4v) is 6.69. The van der Waals surface area contributed by atoms with Crippen molar-refractivity contribution in [1.82, 2.24) is 4.90 Å². The molecule has 0 aromatic heterocycles. The van der Waals surface area contributed by atoms with Crippen LogP contribution in [0.15, 0.2) is 92.6 Å². The second-order valence-corrected chi connectivity index (χ2v) is 10.8. The number of thioether (sulfide) groups is 2. The zero-order chi connectivity index (χ0) is 25.2. The number of Topliss-reactive ketones (excluding diaryl/α,β-unsaturated/α-hetero) is 1. The number of aliphatic imine (C=N–C) groups is 1. The van der Waals surface area contributed by atoms with Crippen LogP contribution in [-0.2, 0) is 11.2 Å². The Morgan fingerprint density at radius 2 is 1.72 bits per heavy atom. The molecule has 1 saturated heterocycles. The quantitative estimate of drug-likeness (QED) is 0.249. The summed E-state index contributed by atoms with van der Waals surface area (Å²) in [7, 11) is 0. The first kappa shape index (κ1) is 24.7. The number of amidine groups is 1. The van der Waals surface area contributed by atoms with Gasteiger partial charge in [0.05, 0.1) is 11.4 Å². The molecule has 0 unspecified atom stereocenters. The van der Waals surface area contributed by atoms with Crippen LogP contribution in [0.2, 0.25) is 5.02 Å². The Kier molecular flexibility index (Phi) is 7.23. The van der Waals surface area contributed by atoms with Crippen LogP contribution < -0.4 is 4.90 Å². The number of benzene rings is 3. The Bertz CT molecular complexity index is 1390. The first-order valence-electron chi connectivity index (χ1n) is 11.7. The first-order chi connectivity index (χ1) is 17.4. The molecule has 3 aromatic rings. The van der Waals surface area contributed by atoms with Crippen LogP contribution in [0.5, 0.6) is 0 Å². The van der Waals surface area contributed by atoms with Crippen LogP contribution in [0.25, 0.3) is 0 Å². The normalized spacial score (nSPS) is 18.3. The van der Waals surface area contributed by atoms with Crippen LogP contribution >= 0.6 is 35.1 Å². The van der Waals surface area contributed by atoms with Gasteiger partial charge in [0.1, 0.15) is 9.93 Å². The summed E-state index contributed by atoms with van der Waals surface area (Å²) in [4.78, 5) is 35.9. The molecule has 36 heavy (non-hydrogen) atoms. The molecule has 0 radical (unpaired) electrons. The average molecular weight is 534 g/mol. The number of amides is 1. The largest absolute Gasteiger partial charge is 0.334 e. The monoisotopic (exact) mass is 533 g/mol. The van der Waals surface area contributed by atoms with Gasteiger partial charge in [-0.1, -0.05) is 53.7 Å². The molecule has 2 aliphatic heterocycles. The Morgan fingerprint density at radius 1 is 0.972 bits per heavy atom. The third-order valence-electron chi connectivity index (χ3n) is 6.00. The van der Waals surface area contributed by atoms with Gasteiger partial charge in [0.2, 0.25) is 0 Å². The van der Waals surface area contributed by atoms with Gasteiger partial charge in [-0.2, -0.15) is 0 Å². The van der Waals surface area contributed by atoms with Gasteiger partial charge in [-0.25, -0.2) is 4.99 Å². The summed E-state index contributed by atoms with van der Waals surface area (Å²) in [6, 6.07) is 23.1. The third-order valence-corrected chi connectivity index (χ3v) is 8.62. The molecule has 1 fully saturated rings. The van der Waals surface area contributed by atoms with Crippen LogP contribution in [0, 0.1) is 0 Å². The first-order valence-corrected chi connectivity index (χ1v) is 13.7. The number of hydrogen-bond donors (Lipinski definition) is 0. The van der Waals surface area contributed by atoms with Crippen LogP contribution in [-0.4, -0.2) is 34.8 Å². The number of hydrogen-bond acceptors (Lipinski definition) is 6. The SMILES string of the molecule is CCN1/C(=C2/SC(=Nc3ccc(C(C)=O)cc3)N(CCc3ccccc3)C2=O)Sc2ccc(Cl)cc21. The Morgan fingerprint density at radius 3 is 2.42 bits per heavy atom. The van der Waals surface area contributed by atoms with E-state index in [0.29, 0.717) is 32.9 Å². The summed E-state index contributed by atoms with van der Waals surface area (Å²) in [5, 5.41) is 2.22. The standard InChI is InChI=1S/C28H24ClN3O2S2/c1-3-31-23-17-21(29)11-14-24(23)35-27(31)25-26(34)32(16-15-19-7-5-4-6-8-19)28(36-25)30-22-12-9-20(10-13-22)18(2)33/h4-14,17H,3,15-16H2,1-2H3/b27-25-,30-28?. The van der Waals surface area contributed by atoms with Gasteiger partial charge in [0.25, 0.3) is 5.91 Å². The predicted molar refractivity (Wildman–Crippen MR) is 150 cm³/mol. The number of rotatable bonds is 6. The zero-order valence-corrected chi connectivity index (χ0v) is 22.3. The zero-order valence-electron chi connectivity index (χ0n) is 19.9. The Labute approximate surface area is 224 Å². The lowest BCUT2D eigenvalue weighted by molar-refractivity contribution is -0.122. The van der Waals surface area contributed by atoms with E-state index in [2.05, 4.69) is 24.0 Å². The van der Waals surface area contributed by atoms with Crippen molar-refractivity contribution in [2.24, 2.45) is 4.99 Å². The van der Waals surface area contributed by atoms with Crippen LogP contribution in [0.3, 0.4) is 0 Å². The van der Waals surface area contributed by atoms with Crippen molar-refractivity contribution in [3.05, 3.63) is 98.9 Å². The smallest absolute Gasteiger partial charge is 0.269 e. The number of carbonyl (C=O) groups is 2. The molecule has 5 rings (SSSR count). The van der Waals surface area contributed by atoms with Gasteiger partial charge >= 0.3 is 0 Å². The van der Waals surface area contributed by atoms with Crippen molar-refractivity contribution < 1.29 is 9.59 Å². The van der Waals surface area contributed by atoms with Crippen molar-refractivity contribution in [1.29, 1.82) is 0 Å². The number of ketones is 1. The lowest BCUT2D eigenvalue weighted by Gasteiger charge is -2.19. The number of fused-ring (bicyclic) bond motifs is 1. The van der Waals surface area contributed by atoms with Gasteiger partial charge < -0.3 is 4.90 Å². The fraction of sp³-hybridized carbons (Fsp3) is 0.179. The molecule has 182 valence electrons. The number of nitrogens with zero attached hydrogens (tertiary/aromatic N) is 3. The van der Waals surface area contributed by atoms with Crippen molar-refractivity contribution in [3.8, 4) is 0 Å². The molecule has 0 bridgehead atoms. The summed E-state index contributed by atoms with van der Waals surface area (Å²) in [5.41, 5.74) is 3.52. The molecular formula is C28H24ClN3O2S2. The molecule has 5 nitrogen and oxygen atoms in total. The molecule has 2 aliphatic rings. The molecular weight excluding hydrogens is 510 g/mol. The molecule has 2 heterocycles. The van der Waals surface area contributed by atoms with Gasteiger partial charge in [0, 0.05) is 28.6 Å². The molecule has 3 aromatic carbocycles. The van der Waals surface area contributed by atoms with Gasteiger partial charge in [-0.05, 0) is 80.1 Å². The highest BCUT2D eigenvalue weighted by Crippen LogP contribution is 2.51. The van der Waals surface area contributed by atoms with Crippen LogP contribution in [0.4, 0.5) is 11.4 Å². The van der Waals surface area contributed by atoms with E-state index in [9.17, 15) is 9.59 Å². The molecule has 0 atom stereocenters. The maximum atomic E-state index is 13.8. The molecule has 1 amide bonds. The molecule has 0 aliphatic carbocycles. The maximum Gasteiger partial charge on any atom is 0.269 e. The van der Waals surface area contributed by atoms with E-state index >= 15 is 0 Å². The van der Waals surface area contributed by atoms with E-state index < -0.39 is 0 Å². The summed E-state index contributed by atoms with van der Waals surface area (Å²) in [5.74, 6) is -0.0383. The summed E-state index contributed by atoms with van der Waals surface area (Å²) < 4.78 is 0. The number of halogens is 1. The molecule has 0 spiro atoms. The minimum absolute atomic E-state index is 0.00807. The van der Waals surface area contributed by atoms with E-state index in [1.54, 1.807) is 35.7 Å². The number of carbonyl (C=O) groups excluding carboxylic acids is 2. The lowest BCUT2D eigenvalue weighted by atomic mass is 10.1. The summed E-state index contributed by atoms with van der Waals surface area (Å²) >= 11 is 9.27.